The minimum Gasteiger partial charge on any atom is -0.383 e. The number of carbonyl (C=O) groups excluding carboxylic acids is 2. The van der Waals surface area contributed by atoms with Gasteiger partial charge in [-0.3, -0.25) is 9.59 Å². The molecule has 0 radical (unpaired) electrons. The van der Waals surface area contributed by atoms with E-state index in [0.717, 1.165) is 19.3 Å². The maximum atomic E-state index is 11.9. The SMILES string of the molecule is COCCNC(=O)CNC(=O)[C@@H]1CCC[C@@H]1CN.Cl. The zero-order valence-electron chi connectivity index (χ0n) is 11.3. The third-order valence-electron chi connectivity index (χ3n) is 3.35. The van der Waals surface area contributed by atoms with Gasteiger partial charge in [-0.2, -0.15) is 0 Å². The topological polar surface area (TPSA) is 93.5 Å². The Balaban J connectivity index is 0.00000324. The number of nitrogens with one attached hydrogen (secondary N) is 2. The van der Waals surface area contributed by atoms with Gasteiger partial charge in [-0.15, -0.1) is 12.4 Å². The first-order chi connectivity index (χ1) is 8.69. The van der Waals surface area contributed by atoms with Crippen LogP contribution in [0.1, 0.15) is 19.3 Å². The van der Waals surface area contributed by atoms with Crippen LogP contribution in [0.15, 0.2) is 0 Å². The van der Waals surface area contributed by atoms with Crippen LogP contribution in [0.4, 0.5) is 0 Å². The Morgan fingerprint density at radius 2 is 2.05 bits per heavy atom. The van der Waals surface area contributed by atoms with Gasteiger partial charge in [0.05, 0.1) is 13.2 Å². The van der Waals surface area contributed by atoms with Crippen LogP contribution >= 0.6 is 12.4 Å². The molecule has 0 saturated heterocycles. The molecule has 0 aromatic rings. The van der Waals surface area contributed by atoms with Crippen LogP contribution in [0.25, 0.3) is 0 Å². The van der Waals surface area contributed by atoms with E-state index in [9.17, 15) is 9.59 Å². The Hall–Kier alpha value is -0.850. The highest BCUT2D eigenvalue weighted by Crippen LogP contribution is 2.30. The normalized spacial score (nSPS) is 21.6. The van der Waals surface area contributed by atoms with Gasteiger partial charge in [0.1, 0.15) is 0 Å². The van der Waals surface area contributed by atoms with E-state index in [1.54, 1.807) is 7.11 Å². The summed E-state index contributed by atoms with van der Waals surface area (Å²) in [5.41, 5.74) is 5.63. The van der Waals surface area contributed by atoms with Crippen LogP contribution in [0.3, 0.4) is 0 Å². The molecule has 6 nitrogen and oxygen atoms in total. The van der Waals surface area contributed by atoms with Crippen molar-refractivity contribution in [3.63, 3.8) is 0 Å². The quantitative estimate of drug-likeness (QED) is 0.560. The standard InChI is InChI=1S/C12H23N3O3.ClH/c1-18-6-5-14-11(16)8-15-12(17)10-4-2-3-9(10)7-13;/h9-10H,2-8,13H2,1H3,(H,14,16)(H,15,17);1H/t9-,10-;/m1./s1. The summed E-state index contributed by atoms with van der Waals surface area (Å²) in [6.45, 7) is 1.49. The van der Waals surface area contributed by atoms with Crippen molar-refractivity contribution in [3.8, 4) is 0 Å². The molecule has 1 rings (SSSR count). The Morgan fingerprint density at radius 1 is 1.32 bits per heavy atom. The molecule has 7 heteroatoms. The molecule has 2 atom stereocenters. The molecule has 2 amide bonds. The average molecular weight is 294 g/mol. The lowest BCUT2D eigenvalue weighted by atomic mass is 9.95. The second kappa shape index (κ2) is 10.00. The zero-order valence-corrected chi connectivity index (χ0v) is 12.1. The second-order valence-corrected chi connectivity index (χ2v) is 4.59. The first kappa shape index (κ1) is 18.1. The zero-order chi connectivity index (χ0) is 13.4. The number of rotatable bonds is 7. The molecular formula is C12H24ClN3O3. The fourth-order valence-corrected chi connectivity index (χ4v) is 2.32. The molecule has 0 unspecified atom stereocenters. The Kier molecular flexibility index (Phi) is 9.55. The fraction of sp³-hybridized carbons (Fsp3) is 0.833. The summed E-state index contributed by atoms with van der Waals surface area (Å²) >= 11 is 0. The summed E-state index contributed by atoms with van der Waals surface area (Å²) in [6.07, 6.45) is 2.92. The summed E-state index contributed by atoms with van der Waals surface area (Å²) in [6, 6.07) is 0. The molecule has 1 fully saturated rings. The minimum atomic E-state index is -0.192. The number of halogens is 1. The third-order valence-corrected chi connectivity index (χ3v) is 3.35. The Labute approximate surface area is 120 Å². The van der Waals surface area contributed by atoms with Crippen molar-refractivity contribution in [1.29, 1.82) is 0 Å². The van der Waals surface area contributed by atoms with E-state index in [1.165, 1.54) is 0 Å². The number of methoxy groups -OCH3 is 1. The maximum absolute atomic E-state index is 11.9. The molecule has 1 aliphatic rings. The lowest BCUT2D eigenvalue weighted by Gasteiger charge is -2.17. The van der Waals surface area contributed by atoms with Gasteiger partial charge in [-0.25, -0.2) is 0 Å². The molecule has 0 spiro atoms. The van der Waals surface area contributed by atoms with Crippen molar-refractivity contribution in [1.82, 2.24) is 10.6 Å². The monoisotopic (exact) mass is 293 g/mol. The van der Waals surface area contributed by atoms with Crippen LogP contribution in [-0.4, -0.2) is 45.2 Å². The van der Waals surface area contributed by atoms with E-state index in [2.05, 4.69) is 10.6 Å². The predicted molar refractivity (Wildman–Crippen MR) is 75.0 cm³/mol. The van der Waals surface area contributed by atoms with Crippen molar-refractivity contribution in [2.75, 3.05) is 33.4 Å². The summed E-state index contributed by atoms with van der Waals surface area (Å²) in [5.74, 6) is -0.00383. The fourth-order valence-electron chi connectivity index (χ4n) is 2.32. The second-order valence-electron chi connectivity index (χ2n) is 4.59. The van der Waals surface area contributed by atoms with Crippen molar-refractivity contribution in [2.24, 2.45) is 17.6 Å². The van der Waals surface area contributed by atoms with E-state index < -0.39 is 0 Å². The summed E-state index contributed by atoms with van der Waals surface area (Å²) in [4.78, 5) is 23.3. The van der Waals surface area contributed by atoms with E-state index in [0.29, 0.717) is 19.7 Å². The van der Waals surface area contributed by atoms with Crippen LogP contribution < -0.4 is 16.4 Å². The number of nitrogens with two attached hydrogens (primary N) is 1. The number of amides is 2. The molecule has 0 bridgehead atoms. The van der Waals surface area contributed by atoms with Crippen molar-refractivity contribution in [3.05, 3.63) is 0 Å². The molecule has 19 heavy (non-hydrogen) atoms. The van der Waals surface area contributed by atoms with Gasteiger partial charge in [0.25, 0.3) is 0 Å². The molecule has 0 aromatic carbocycles. The smallest absolute Gasteiger partial charge is 0.239 e. The van der Waals surface area contributed by atoms with Crippen LogP contribution in [0.2, 0.25) is 0 Å². The highest BCUT2D eigenvalue weighted by molar-refractivity contribution is 5.86. The van der Waals surface area contributed by atoms with Gasteiger partial charge < -0.3 is 21.1 Å². The van der Waals surface area contributed by atoms with E-state index in [-0.39, 0.29) is 42.6 Å². The molecule has 0 heterocycles. The lowest BCUT2D eigenvalue weighted by Crippen LogP contribution is -2.41. The highest BCUT2D eigenvalue weighted by atomic mass is 35.5. The van der Waals surface area contributed by atoms with Gasteiger partial charge in [-0.1, -0.05) is 6.42 Å². The Bertz CT molecular complexity index is 289. The third kappa shape index (κ3) is 6.22. The van der Waals surface area contributed by atoms with Crippen molar-refractivity contribution >= 4 is 24.2 Å². The van der Waals surface area contributed by atoms with E-state index >= 15 is 0 Å². The van der Waals surface area contributed by atoms with E-state index in [1.807, 2.05) is 0 Å². The van der Waals surface area contributed by atoms with Gasteiger partial charge in [0.2, 0.25) is 11.8 Å². The molecule has 1 aliphatic carbocycles. The largest absolute Gasteiger partial charge is 0.383 e. The van der Waals surface area contributed by atoms with Gasteiger partial charge in [0.15, 0.2) is 0 Å². The van der Waals surface area contributed by atoms with Crippen LogP contribution in [0, 0.1) is 11.8 Å². The first-order valence-corrected chi connectivity index (χ1v) is 6.42. The molecule has 1 saturated carbocycles. The van der Waals surface area contributed by atoms with Crippen LogP contribution in [0.5, 0.6) is 0 Å². The summed E-state index contributed by atoms with van der Waals surface area (Å²) in [7, 11) is 1.57. The molecule has 0 aliphatic heterocycles. The predicted octanol–water partition coefficient (Wildman–Crippen LogP) is -0.338. The first-order valence-electron chi connectivity index (χ1n) is 6.42. The van der Waals surface area contributed by atoms with Crippen LogP contribution in [-0.2, 0) is 14.3 Å². The number of carbonyl (C=O) groups is 2. The van der Waals surface area contributed by atoms with Gasteiger partial charge >= 0.3 is 0 Å². The molecule has 0 aromatic heterocycles. The lowest BCUT2D eigenvalue weighted by molar-refractivity contribution is -0.129. The highest BCUT2D eigenvalue weighted by Gasteiger charge is 2.31. The number of hydrogen-bond acceptors (Lipinski definition) is 4. The number of hydrogen-bond donors (Lipinski definition) is 3. The average Bonchev–Trinajstić information content (AvgIpc) is 2.84. The number of ether oxygens (including phenoxy) is 1. The Morgan fingerprint density at radius 3 is 2.68 bits per heavy atom. The minimum absolute atomic E-state index is 0. The summed E-state index contributed by atoms with van der Waals surface area (Å²) in [5, 5.41) is 5.32. The van der Waals surface area contributed by atoms with E-state index in [4.69, 9.17) is 10.5 Å². The van der Waals surface area contributed by atoms with Gasteiger partial charge in [0, 0.05) is 19.6 Å². The molecule has 112 valence electrons. The van der Waals surface area contributed by atoms with Gasteiger partial charge in [-0.05, 0) is 25.3 Å². The molecular weight excluding hydrogens is 270 g/mol. The maximum Gasteiger partial charge on any atom is 0.239 e. The van der Waals surface area contributed by atoms with Crippen molar-refractivity contribution < 1.29 is 14.3 Å². The molecule has 4 N–H and O–H groups in total. The summed E-state index contributed by atoms with van der Waals surface area (Å²) < 4.78 is 4.81. The van der Waals surface area contributed by atoms with Crippen molar-refractivity contribution in [2.45, 2.75) is 19.3 Å².